The normalized spacial score (nSPS) is 11.2. The lowest BCUT2D eigenvalue weighted by Crippen LogP contribution is -2.14. The Morgan fingerprint density at radius 1 is 1.22 bits per heavy atom. The molecule has 12 heteroatoms. The van der Waals surface area contributed by atoms with E-state index in [4.69, 9.17) is 4.74 Å². The van der Waals surface area contributed by atoms with Crippen molar-refractivity contribution < 1.29 is 18.1 Å². The molecule has 1 heterocycles. The number of nitro groups is 1. The molecule has 0 saturated heterocycles. The highest BCUT2D eigenvalue weighted by Gasteiger charge is 2.23. The number of tetrazole rings is 1. The van der Waals surface area contributed by atoms with Crippen LogP contribution in [0, 0.1) is 10.1 Å². The first-order valence-electron chi connectivity index (χ1n) is 7.50. The molecular formula is C15H14N6O5S. The molecule has 3 aromatic rings. The van der Waals surface area contributed by atoms with Gasteiger partial charge in [-0.3, -0.25) is 14.8 Å². The van der Waals surface area contributed by atoms with E-state index in [1.54, 1.807) is 25.2 Å². The van der Waals surface area contributed by atoms with E-state index < -0.39 is 14.9 Å². The summed E-state index contributed by atoms with van der Waals surface area (Å²) >= 11 is 0. The first-order chi connectivity index (χ1) is 12.8. The minimum Gasteiger partial charge on any atom is -0.495 e. The lowest BCUT2D eigenvalue weighted by atomic mass is 10.2. The third-order valence-corrected chi connectivity index (χ3v) is 5.04. The highest BCUT2D eigenvalue weighted by Crippen LogP contribution is 2.30. The molecule has 0 radical (unpaired) electrons. The fourth-order valence-corrected chi connectivity index (χ4v) is 3.63. The number of hydrogen-bond donors (Lipinski definition) is 1. The monoisotopic (exact) mass is 390 g/mol. The van der Waals surface area contributed by atoms with E-state index >= 15 is 0 Å². The van der Waals surface area contributed by atoms with Crippen LogP contribution in [-0.2, 0) is 17.1 Å². The van der Waals surface area contributed by atoms with Crippen molar-refractivity contribution in [2.45, 2.75) is 4.90 Å². The fourth-order valence-electron chi connectivity index (χ4n) is 2.39. The number of non-ortho nitro benzene ring substituents is 1. The molecule has 2 aromatic carbocycles. The Hall–Kier alpha value is -3.54. The van der Waals surface area contributed by atoms with Crippen molar-refractivity contribution in [3.8, 4) is 17.1 Å². The van der Waals surface area contributed by atoms with Gasteiger partial charge in [0.1, 0.15) is 10.6 Å². The molecule has 0 unspecified atom stereocenters. The van der Waals surface area contributed by atoms with Gasteiger partial charge in [0.2, 0.25) is 0 Å². The average Bonchev–Trinajstić information content (AvgIpc) is 3.07. The number of aryl methyl sites for hydroxylation is 1. The number of nitro benzene ring substituents is 1. The molecule has 1 aromatic heterocycles. The van der Waals surface area contributed by atoms with Gasteiger partial charge >= 0.3 is 0 Å². The number of nitrogens with one attached hydrogen (secondary N) is 1. The van der Waals surface area contributed by atoms with Crippen molar-refractivity contribution in [3.63, 3.8) is 0 Å². The summed E-state index contributed by atoms with van der Waals surface area (Å²) in [5.74, 6) is 0.436. The summed E-state index contributed by atoms with van der Waals surface area (Å²) in [7, 11) is -1.21. The van der Waals surface area contributed by atoms with Crippen molar-refractivity contribution in [1.82, 2.24) is 20.2 Å². The van der Waals surface area contributed by atoms with Gasteiger partial charge in [0, 0.05) is 30.4 Å². The van der Waals surface area contributed by atoms with Crippen LogP contribution in [0.2, 0.25) is 0 Å². The Balaban J connectivity index is 1.99. The minimum absolute atomic E-state index is 0.0123. The largest absolute Gasteiger partial charge is 0.495 e. The quantitative estimate of drug-likeness (QED) is 0.494. The average molecular weight is 390 g/mol. The van der Waals surface area contributed by atoms with Crippen LogP contribution in [0.1, 0.15) is 0 Å². The fraction of sp³-hybridized carbons (Fsp3) is 0.133. The van der Waals surface area contributed by atoms with Crippen molar-refractivity contribution in [1.29, 1.82) is 0 Å². The Morgan fingerprint density at radius 2 is 2.00 bits per heavy atom. The summed E-state index contributed by atoms with van der Waals surface area (Å²) in [6, 6.07) is 9.78. The van der Waals surface area contributed by atoms with Crippen LogP contribution < -0.4 is 9.46 Å². The second-order valence-electron chi connectivity index (χ2n) is 5.40. The van der Waals surface area contributed by atoms with Gasteiger partial charge in [-0.2, -0.15) is 0 Å². The zero-order valence-electron chi connectivity index (χ0n) is 14.2. The molecule has 0 aliphatic heterocycles. The van der Waals surface area contributed by atoms with Gasteiger partial charge in [0.15, 0.2) is 5.82 Å². The van der Waals surface area contributed by atoms with Crippen molar-refractivity contribution >= 4 is 21.4 Å². The summed E-state index contributed by atoms with van der Waals surface area (Å²) in [6.07, 6.45) is 0. The first-order valence-corrected chi connectivity index (χ1v) is 8.98. The van der Waals surface area contributed by atoms with Gasteiger partial charge in [-0.25, -0.2) is 13.1 Å². The van der Waals surface area contributed by atoms with Gasteiger partial charge in [-0.15, -0.1) is 5.10 Å². The van der Waals surface area contributed by atoms with Crippen LogP contribution in [0.3, 0.4) is 0 Å². The van der Waals surface area contributed by atoms with Crippen molar-refractivity contribution in [2.75, 3.05) is 11.8 Å². The van der Waals surface area contributed by atoms with E-state index in [2.05, 4.69) is 20.2 Å². The van der Waals surface area contributed by atoms with Crippen LogP contribution in [-0.4, -0.2) is 40.7 Å². The molecule has 27 heavy (non-hydrogen) atoms. The van der Waals surface area contributed by atoms with E-state index in [0.29, 0.717) is 11.4 Å². The maximum atomic E-state index is 12.8. The molecular weight excluding hydrogens is 376 g/mol. The van der Waals surface area contributed by atoms with E-state index in [1.165, 1.54) is 30.0 Å². The Kier molecular flexibility index (Phi) is 4.73. The number of nitrogens with zero attached hydrogens (tertiary/aromatic N) is 5. The SMILES string of the molecule is COc1ccc([N+](=O)[O-])cc1S(=O)(=O)Nc1cccc(-c2nnnn2C)c1. The molecule has 0 spiro atoms. The number of rotatable bonds is 6. The standard InChI is InChI=1S/C15H14N6O5S/c1-20-15(16-18-19-20)10-4-3-5-11(8-10)17-27(24,25)14-9-12(21(22)23)6-7-13(14)26-2/h3-9,17H,1-2H3. The van der Waals surface area contributed by atoms with Gasteiger partial charge in [-0.05, 0) is 28.6 Å². The smallest absolute Gasteiger partial charge is 0.271 e. The molecule has 11 nitrogen and oxygen atoms in total. The molecule has 140 valence electrons. The summed E-state index contributed by atoms with van der Waals surface area (Å²) < 4.78 is 34.4. The zero-order chi connectivity index (χ0) is 19.6. The first kappa shape index (κ1) is 18.3. The molecule has 0 fully saturated rings. The van der Waals surface area contributed by atoms with Crippen molar-refractivity contribution in [2.24, 2.45) is 7.05 Å². The van der Waals surface area contributed by atoms with Gasteiger partial charge < -0.3 is 4.74 Å². The molecule has 0 saturated carbocycles. The number of hydrogen-bond acceptors (Lipinski definition) is 8. The minimum atomic E-state index is -4.15. The molecule has 0 aliphatic carbocycles. The second kappa shape index (κ2) is 6.99. The van der Waals surface area contributed by atoms with E-state index in [-0.39, 0.29) is 22.0 Å². The lowest BCUT2D eigenvalue weighted by Gasteiger charge is -2.12. The topological polar surface area (TPSA) is 142 Å². The van der Waals surface area contributed by atoms with Crippen LogP contribution in [0.15, 0.2) is 47.4 Å². The van der Waals surface area contributed by atoms with E-state index in [0.717, 1.165) is 6.07 Å². The maximum Gasteiger partial charge on any atom is 0.271 e. The highest BCUT2D eigenvalue weighted by atomic mass is 32.2. The molecule has 1 N–H and O–H groups in total. The van der Waals surface area contributed by atoms with E-state index in [1.807, 2.05) is 0 Å². The number of ether oxygens (including phenoxy) is 1. The van der Waals surface area contributed by atoms with Crippen LogP contribution in [0.4, 0.5) is 11.4 Å². The Bertz CT molecular complexity index is 1110. The van der Waals surface area contributed by atoms with Crippen molar-refractivity contribution in [3.05, 3.63) is 52.6 Å². The molecule has 0 aliphatic rings. The lowest BCUT2D eigenvalue weighted by molar-refractivity contribution is -0.385. The zero-order valence-corrected chi connectivity index (χ0v) is 15.0. The van der Waals surface area contributed by atoms with Gasteiger partial charge in [0.25, 0.3) is 15.7 Å². The molecule has 0 amide bonds. The summed E-state index contributed by atoms with van der Waals surface area (Å²) in [6.45, 7) is 0. The van der Waals surface area contributed by atoms with Crippen LogP contribution in [0.25, 0.3) is 11.4 Å². The van der Waals surface area contributed by atoms with Crippen LogP contribution in [0.5, 0.6) is 5.75 Å². The molecule has 3 rings (SSSR count). The Labute approximate surface area is 153 Å². The Morgan fingerprint density at radius 3 is 2.63 bits per heavy atom. The van der Waals surface area contributed by atoms with E-state index in [9.17, 15) is 18.5 Å². The highest BCUT2D eigenvalue weighted by molar-refractivity contribution is 7.92. The summed E-state index contributed by atoms with van der Waals surface area (Å²) in [5, 5.41) is 22.1. The number of benzene rings is 2. The third kappa shape index (κ3) is 3.69. The number of aromatic nitrogens is 4. The summed E-state index contributed by atoms with van der Waals surface area (Å²) in [4.78, 5) is 9.95. The maximum absolute atomic E-state index is 12.8. The van der Waals surface area contributed by atoms with Gasteiger partial charge in [-0.1, -0.05) is 12.1 Å². The second-order valence-corrected chi connectivity index (χ2v) is 7.06. The number of methoxy groups -OCH3 is 1. The summed E-state index contributed by atoms with van der Waals surface area (Å²) in [5.41, 5.74) is 0.466. The number of anilines is 1. The number of sulfonamides is 1. The molecule has 0 bridgehead atoms. The molecule has 0 atom stereocenters. The van der Waals surface area contributed by atoms with Crippen LogP contribution >= 0.6 is 0 Å². The predicted octanol–water partition coefficient (Wildman–Crippen LogP) is 1.59. The van der Waals surface area contributed by atoms with Gasteiger partial charge in [0.05, 0.1) is 12.0 Å². The predicted molar refractivity (Wildman–Crippen MR) is 94.7 cm³/mol. The third-order valence-electron chi connectivity index (χ3n) is 3.64.